The highest BCUT2D eigenvalue weighted by atomic mass is 16.3. The number of β-amino-alcohol motifs (C(OH)–C–C–N with tert-alkyl or cyclic N) is 1. The third kappa shape index (κ3) is 2.01. The lowest BCUT2D eigenvalue weighted by Crippen LogP contribution is -2.49. The van der Waals surface area contributed by atoms with E-state index in [2.05, 4.69) is 19.2 Å². The molecule has 0 saturated carbocycles. The van der Waals surface area contributed by atoms with Gasteiger partial charge in [-0.15, -0.1) is 0 Å². The Labute approximate surface area is 90.6 Å². The minimum atomic E-state index is -1.14. The van der Waals surface area contributed by atoms with Crippen molar-refractivity contribution in [3.63, 3.8) is 0 Å². The van der Waals surface area contributed by atoms with Crippen molar-refractivity contribution in [2.24, 2.45) is 5.41 Å². The minimum Gasteiger partial charge on any atom is -0.379 e. The van der Waals surface area contributed by atoms with Crippen molar-refractivity contribution in [3.8, 4) is 0 Å². The summed E-state index contributed by atoms with van der Waals surface area (Å²) in [6.07, 6.45) is 1.57. The third-order valence-corrected chi connectivity index (χ3v) is 3.50. The molecule has 0 spiro atoms. The second-order valence-corrected chi connectivity index (χ2v) is 5.60. The Hall–Kier alpha value is -0.610. The van der Waals surface area contributed by atoms with Gasteiger partial charge >= 0.3 is 0 Å². The van der Waals surface area contributed by atoms with Crippen LogP contribution in [0.5, 0.6) is 0 Å². The molecule has 2 fully saturated rings. The fourth-order valence-electron chi connectivity index (χ4n) is 2.44. The summed E-state index contributed by atoms with van der Waals surface area (Å²) >= 11 is 0. The molecule has 2 rings (SSSR count). The molecule has 0 bridgehead atoms. The molecule has 0 aliphatic carbocycles. The molecular formula is C11H20N2O2. The summed E-state index contributed by atoms with van der Waals surface area (Å²) in [5, 5.41) is 13.2. The van der Waals surface area contributed by atoms with Crippen molar-refractivity contribution in [1.82, 2.24) is 10.2 Å². The Morgan fingerprint density at radius 2 is 2.13 bits per heavy atom. The number of hydrogen-bond acceptors (Lipinski definition) is 3. The van der Waals surface area contributed by atoms with Gasteiger partial charge in [-0.25, -0.2) is 0 Å². The van der Waals surface area contributed by atoms with E-state index in [4.69, 9.17) is 0 Å². The SMILES string of the molecule is CC1(C)CCN(C(=O)C2(O)CCNC2)C1. The average molecular weight is 212 g/mol. The molecule has 2 aliphatic heterocycles. The van der Waals surface area contributed by atoms with E-state index in [1.807, 2.05) is 4.90 Å². The molecule has 4 heteroatoms. The Morgan fingerprint density at radius 3 is 2.60 bits per heavy atom. The maximum atomic E-state index is 12.1. The average Bonchev–Trinajstić information content (AvgIpc) is 2.72. The number of rotatable bonds is 1. The smallest absolute Gasteiger partial charge is 0.255 e. The molecule has 0 aromatic rings. The van der Waals surface area contributed by atoms with E-state index >= 15 is 0 Å². The monoisotopic (exact) mass is 212 g/mol. The van der Waals surface area contributed by atoms with Crippen molar-refractivity contribution in [2.45, 2.75) is 32.3 Å². The molecule has 4 nitrogen and oxygen atoms in total. The molecule has 1 amide bonds. The Kier molecular flexibility index (Phi) is 2.51. The summed E-state index contributed by atoms with van der Waals surface area (Å²) in [5.74, 6) is -0.0851. The van der Waals surface area contributed by atoms with Crippen molar-refractivity contribution in [2.75, 3.05) is 26.2 Å². The maximum Gasteiger partial charge on any atom is 0.255 e. The summed E-state index contributed by atoms with van der Waals surface area (Å²) in [4.78, 5) is 13.9. The first-order valence-corrected chi connectivity index (χ1v) is 5.66. The summed E-state index contributed by atoms with van der Waals surface area (Å²) in [5.41, 5.74) is -0.932. The van der Waals surface area contributed by atoms with Crippen LogP contribution < -0.4 is 5.32 Å². The first-order valence-electron chi connectivity index (χ1n) is 5.66. The van der Waals surface area contributed by atoms with E-state index in [1.165, 1.54) is 0 Å². The molecule has 1 atom stereocenters. The molecular weight excluding hydrogens is 192 g/mol. The van der Waals surface area contributed by atoms with Gasteiger partial charge in [0.25, 0.3) is 5.91 Å². The van der Waals surface area contributed by atoms with Gasteiger partial charge in [0.15, 0.2) is 5.60 Å². The number of aliphatic hydroxyl groups is 1. The Balaban J connectivity index is 2.03. The predicted octanol–water partition coefficient (Wildman–Crippen LogP) is -0.0307. The lowest BCUT2D eigenvalue weighted by atomic mass is 9.93. The van der Waals surface area contributed by atoms with Crippen LogP contribution in [0.25, 0.3) is 0 Å². The molecule has 86 valence electrons. The van der Waals surface area contributed by atoms with Crippen molar-refractivity contribution in [1.29, 1.82) is 0 Å². The molecule has 1 unspecified atom stereocenters. The number of nitrogens with one attached hydrogen (secondary N) is 1. The van der Waals surface area contributed by atoms with Gasteiger partial charge in [0.05, 0.1) is 0 Å². The Bertz CT molecular complexity index is 270. The molecule has 0 aromatic heterocycles. The summed E-state index contributed by atoms with van der Waals surface area (Å²) in [6, 6.07) is 0. The topological polar surface area (TPSA) is 52.6 Å². The van der Waals surface area contributed by atoms with E-state index in [-0.39, 0.29) is 11.3 Å². The molecule has 2 aliphatic rings. The molecule has 2 N–H and O–H groups in total. The second kappa shape index (κ2) is 3.46. The van der Waals surface area contributed by atoms with Gasteiger partial charge < -0.3 is 15.3 Å². The lowest BCUT2D eigenvalue weighted by Gasteiger charge is -2.28. The summed E-state index contributed by atoms with van der Waals surface area (Å²) in [7, 11) is 0. The first-order chi connectivity index (χ1) is 6.93. The zero-order valence-corrected chi connectivity index (χ0v) is 9.55. The highest BCUT2D eigenvalue weighted by molar-refractivity contribution is 5.86. The fourth-order valence-corrected chi connectivity index (χ4v) is 2.44. The standard InChI is InChI=1S/C11H20N2O2/c1-10(2)4-6-13(8-10)9(14)11(15)3-5-12-7-11/h12,15H,3-8H2,1-2H3. The number of carbonyl (C=O) groups excluding carboxylic acids is 1. The number of carbonyl (C=O) groups is 1. The van der Waals surface area contributed by atoms with E-state index in [0.717, 1.165) is 26.1 Å². The van der Waals surface area contributed by atoms with Crippen LogP contribution in [0.2, 0.25) is 0 Å². The molecule has 2 saturated heterocycles. The maximum absolute atomic E-state index is 12.1. The quantitative estimate of drug-likeness (QED) is 0.642. The highest BCUT2D eigenvalue weighted by Crippen LogP contribution is 2.31. The van der Waals surface area contributed by atoms with Crippen LogP contribution in [0, 0.1) is 5.41 Å². The Morgan fingerprint density at radius 1 is 1.40 bits per heavy atom. The van der Waals surface area contributed by atoms with Crippen LogP contribution in [0.1, 0.15) is 26.7 Å². The van der Waals surface area contributed by atoms with Gasteiger partial charge in [0.1, 0.15) is 0 Å². The van der Waals surface area contributed by atoms with Gasteiger partial charge in [0, 0.05) is 19.6 Å². The number of nitrogens with zero attached hydrogens (tertiary/aromatic N) is 1. The van der Waals surface area contributed by atoms with Gasteiger partial charge in [-0.2, -0.15) is 0 Å². The number of likely N-dealkylation sites (tertiary alicyclic amines) is 1. The molecule has 15 heavy (non-hydrogen) atoms. The molecule has 0 aromatic carbocycles. The van der Waals surface area contributed by atoms with Crippen molar-refractivity contribution >= 4 is 5.91 Å². The third-order valence-electron chi connectivity index (χ3n) is 3.50. The van der Waals surface area contributed by atoms with Gasteiger partial charge in [0.2, 0.25) is 0 Å². The van der Waals surface area contributed by atoms with Crippen LogP contribution in [0.15, 0.2) is 0 Å². The van der Waals surface area contributed by atoms with E-state index in [1.54, 1.807) is 0 Å². The van der Waals surface area contributed by atoms with E-state index in [0.29, 0.717) is 13.0 Å². The van der Waals surface area contributed by atoms with Gasteiger partial charge in [-0.3, -0.25) is 4.79 Å². The van der Waals surface area contributed by atoms with Crippen molar-refractivity contribution < 1.29 is 9.90 Å². The molecule has 2 heterocycles. The summed E-state index contributed by atoms with van der Waals surface area (Å²) in [6.45, 7) is 7.03. The van der Waals surface area contributed by atoms with Crippen molar-refractivity contribution in [3.05, 3.63) is 0 Å². The first kappa shape index (κ1) is 10.9. The number of hydrogen-bond donors (Lipinski definition) is 2. The fraction of sp³-hybridized carbons (Fsp3) is 0.909. The van der Waals surface area contributed by atoms with Crippen LogP contribution >= 0.6 is 0 Å². The van der Waals surface area contributed by atoms with Crippen LogP contribution in [0.4, 0.5) is 0 Å². The second-order valence-electron chi connectivity index (χ2n) is 5.60. The van der Waals surface area contributed by atoms with Crippen LogP contribution in [-0.4, -0.2) is 47.7 Å². The van der Waals surface area contributed by atoms with E-state index in [9.17, 15) is 9.90 Å². The predicted molar refractivity (Wildman–Crippen MR) is 57.4 cm³/mol. The zero-order chi connectivity index (χ0) is 11.1. The number of amides is 1. The minimum absolute atomic E-state index is 0.0851. The zero-order valence-electron chi connectivity index (χ0n) is 9.55. The van der Waals surface area contributed by atoms with Crippen LogP contribution in [0.3, 0.4) is 0 Å². The summed E-state index contributed by atoms with van der Waals surface area (Å²) < 4.78 is 0. The lowest BCUT2D eigenvalue weighted by molar-refractivity contribution is -0.148. The van der Waals surface area contributed by atoms with E-state index < -0.39 is 5.60 Å². The largest absolute Gasteiger partial charge is 0.379 e. The van der Waals surface area contributed by atoms with Crippen LogP contribution in [-0.2, 0) is 4.79 Å². The highest BCUT2D eigenvalue weighted by Gasteiger charge is 2.44. The van der Waals surface area contributed by atoms with Gasteiger partial charge in [-0.1, -0.05) is 13.8 Å². The van der Waals surface area contributed by atoms with Gasteiger partial charge in [-0.05, 0) is 24.8 Å². The molecule has 0 radical (unpaired) electrons. The normalized spacial score (nSPS) is 34.7.